The molecule has 2 atom stereocenters. The molecule has 1 aliphatic rings. The summed E-state index contributed by atoms with van der Waals surface area (Å²) in [5.41, 5.74) is 1.38. The third kappa shape index (κ3) is 3.14. The minimum absolute atomic E-state index is 0.505. The van der Waals surface area contributed by atoms with Crippen molar-refractivity contribution in [3.05, 3.63) is 18.2 Å². The Hall–Kier alpha value is -0.830. The van der Waals surface area contributed by atoms with E-state index in [2.05, 4.69) is 41.8 Å². The molecule has 0 spiro atoms. The highest BCUT2D eigenvalue weighted by Gasteiger charge is 2.22. The molecule has 0 aliphatic carbocycles. The van der Waals surface area contributed by atoms with Crippen LogP contribution >= 0.6 is 0 Å². The number of hydrogen-bond acceptors (Lipinski definition) is 2. The SMILES string of the molecule is CCC(CC)Cn1cncc1C1CCCC(C)N1. The zero-order valence-corrected chi connectivity index (χ0v) is 12.0. The van der Waals surface area contributed by atoms with Gasteiger partial charge < -0.3 is 9.88 Å². The summed E-state index contributed by atoms with van der Waals surface area (Å²) in [6.45, 7) is 7.97. The Labute approximate surface area is 111 Å². The van der Waals surface area contributed by atoms with Gasteiger partial charge in [0.1, 0.15) is 0 Å². The molecule has 2 unspecified atom stereocenters. The van der Waals surface area contributed by atoms with Crippen molar-refractivity contribution in [3.63, 3.8) is 0 Å². The number of rotatable bonds is 5. The van der Waals surface area contributed by atoms with E-state index in [-0.39, 0.29) is 0 Å². The highest BCUT2D eigenvalue weighted by Crippen LogP contribution is 2.26. The van der Waals surface area contributed by atoms with Crippen LogP contribution in [0.15, 0.2) is 12.5 Å². The molecular weight excluding hydrogens is 222 g/mol. The zero-order chi connectivity index (χ0) is 13.0. The molecule has 1 N–H and O–H groups in total. The standard InChI is InChI=1S/C15H27N3/c1-4-13(5-2)10-18-11-16-9-15(18)14-8-6-7-12(3)17-14/h9,11-14,17H,4-8,10H2,1-3H3. The molecule has 1 aromatic heterocycles. The number of nitrogens with zero attached hydrogens (tertiary/aromatic N) is 2. The summed E-state index contributed by atoms with van der Waals surface area (Å²) >= 11 is 0. The van der Waals surface area contributed by atoms with E-state index in [0.717, 1.165) is 12.5 Å². The molecule has 0 saturated carbocycles. The van der Waals surface area contributed by atoms with Crippen molar-refractivity contribution < 1.29 is 0 Å². The maximum atomic E-state index is 4.37. The van der Waals surface area contributed by atoms with Gasteiger partial charge in [-0.15, -0.1) is 0 Å². The molecule has 2 rings (SSSR count). The fourth-order valence-corrected chi connectivity index (χ4v) is 2.97. The summed E-state index contributed by atoms with van der Waals surface area (Å²) in [6.07, 6.45) is 10.4. The van der Waals surface area contributed by atoms with Crippen LogP contribution in [0.25, 0.3) is 0 Å². The van der Waals surface area contributed by atoms with Crippen molar-refractivity contribution >= 4 is 0 Å². The molecule has 1 aliphatic heterocycles. The first kappa shape index (κ1) is 13.6. The molecule has 18 heavy (non-hydrogen) atoms. The Morgan fingerprint density at radius 3 is 2.83 bits per heavy atom. The van der Waals surface area contributed by atoms with E-state index in [1.54, 1.807) is 0 Å². The van der Waals surface area contributed by atoms with Crippen molar-refractivity contribution in [1.29, 1.82) is 0 Å². The van der Waals surface area contributed by atoms with E-state index in [0.29, 0.717) is 12.1 Å². The number of hydrogen-bond donors (Lipinski definition) is 1. The maximum absolute atomic E-state index is 4.37. The third-order valence-electron chi connectivity index (χ3n) is 4.33. The van der Waals surface area contributed by atoms with E-state index < -0.39 is 0 Å². The van der Waals surface area contributed by atoms with Gasteiger partial charge in [0.25, 0.3) is 0 Å². The summed E-state index contributed by atoms with van der Waals surface area (Å²) < 4.78 is 2.37. The average molecular weight is 249 g/mol. The van der Waals surface area contributed by atoms with Crippen LogP contribution in [0.2, 0.25) is 0 Å². The Morgan fingerprint density at radius 1 is 1.39 bits per heavy atom. The minimum atomic E-state index is 0.505. The molecule has 3 nitrogen and oxygen atoms in total. The fourth-order valence-electron chi connectivity index (χ4n) is 2.97. The second kappa shape index (κ2) is 6.37. The van der Waals surface area contributed by atoms with Gasteiger partial charge in [-0.25, -0.2) is 4.98 Å². The van der Waals surface area contributed by atoms with E-state index in [1.165, 1.54) is 37.8 Å². The Morgan fingerprint density at radius 2 is 2.17 bits per heavy atom. The molecule has 0 amide bonds. The van der Waals surface area contributed by atoms with Crippen LogP contribution in [0.1, 0.15) is 64.6 Å². The largest absolute Gasteiger partial charge is 0.333 e. The average Bonchev–Trinajstić information content (AvgIpc) is 2.84. The van der Waals surface area contributed by atoms with Crippen molar-refractivity contribution in [2.75, 3.05) is 0 Å². The summed E-state index contributed by atoms with van der Waals surface area (Å²) in [5, 5.41) is 3.71. The molecule has 1 saturated heterocycles. The lowest BCUT2D eigenvalue weighted by molar-refractivity contribution is 0.320. The Bertz CT molecular complexity index is 354. The maximum Gasteiger partial charge on any atom is 0.0948 e. The van der Waals surface area contributed by atoms with Crippen LogP contribution in [0.3, 0.4) is 0 Å². The van der Waals surface area contributed by atoms with Crippen LogP contribution in [-0.2, 0) is 6.54 Å². The Balaban J connectivity index is 2.06. The van der Waals surface area contributed by atoms with Gasteiger partial charge in [-0.2, -0.15) is 0 Å². The second-order valence-electron chi connectivity index (χ2n) is 5.70. The number of nitrogens with one attached hydrogen (secondary N) is 1. The van der Waals surface area contributed by atoms with Crippen LogP contribution in [0, 0.1) is 5.92 Å². The van der Waals surface area contributed by atoms with E-state index >= 15 is 0 Å². The normalized spacial score (nSPS) is 24.7. The molecule has 0 radical (unpaired) electrons. The van der Waals surface area contributed by atoms with Gasteiger partial charge in [-0.1, -0.05) is 26.7 Å². The van der Waals surface area contributed by atoms with Crippen molar-refractivity contribution in [1.82, 2.24) is 14.9 Å². The van der Waals surface area contributed by atoms with E-state index in [1.807, 2.05) is 6.33 Å². The zero-order valence-electron chi connectivity index (χ0n) is 12.0. The lowest BCUT2D eigenvalue weighted by Gasteiger charge is -2.30. The third-order valence-corrected chi connectivity index (χ3v) is 4.33. The van der Waals surface area contributed by atoms with E-state index in [9.17, 15) is 0 Å². The van der Waals surface area contributed by atoms with E-state index in [4.69, 9.17) is 0 Å². The first-order valence-electron chi connectivity index (χ1n) is 7.50. The fraction of sp³-hybridized carbons (Fsp3) is 0.800. The van der Waals surface area contributed by atoms with Crippen LogP contribution < -0.4 is 5.32 Å². The molecule has 1 fully saturated rings. The van der Waals surface area contributed by atoms with Gasteiger partial charge in [0.15, 0.2) is 0 Å². The van der Waals surface area contributed by atoms with Crippen LogP contribution in [0.5, 0.6) is 0 Å². The van der Waals surface area contributed by atoms with Crippen molar-refractivity contribution in [2.24, 2.45) is 5.92 Å². The minimum Gasteiger partial charge on any atom is -0.333 e. The lowest BCUT2D eigenvalue weighted by atomic mass is 9.97. The van der Waals surface area contributed by atoms with Crippen LogP contribution in [0.4, 0.5) is 0 Å². The summed E-state index contributed by atoms with van der Waals surface area (Å²) in [4.78, 5) is 4.37. The first-order chi connectivity index (χ1) is 8.74. The molecule has 0 aromatic carbocycles. The molecule has 3 heteroatoms. The highest BCUT2D eigenvalue weighted by molar-refractivity contribution is 5.07. The number of imidazole rings is 1. The highest BCUT2D eigenvalue weighted by atomic mass is 15.1. The number of aromatic nitrogens is 2. The lowest BCUT2D eigenvalue weighted by Crippen LogP contribution is -2.35. The molecule has 2 heterocycles. The van der Waals surface area contributed by atoms with Gasteiger partial charge in [0.2, 0.25) is 0 Å². The Kier molecular flexibility index (Phi) is 4.81. The monoisotopic (exact) mass is 249 g/mol. The van der Waals surface area contributed by atoms with Gasteiger partial charge in [-0.3, -0.25) is 0 Å². The van der Waals surface area contributed by atoms with Gasteiger partial charge in [0, 0.05) is 24.8 Å². The molecular formula is C15H27N3. The summed E-state index contributed by atoms with van der Waals surface area (Å²) in [5.74, 6) is 0.777. The van der Waals surface area contributed by atoms with Gasteiger partial charge in [0.05, 0.1) is 12.0 Å². The topological polar surface area (TPSA) is 29.9 Å². The predicted octanol–water partition coefficient (Wildman–Crippen LogP) is 3.52. The molecule has 102 valence electrons. The summed E-state index contributed by atoms with van der Waals surface area (Å²) in [6, 6.07) is 1.14. The van der Waals surface area contributed by atoms with Gasteiger partial charge >= 0.3 is 0 Å². The first-order valence-corrected chi connectivity index (χ1v) is 7.50. The second-order valence-corrected chi connectivity index (χ2v) is 5.70. The van der Waals surface area contributed by atoms with Crippen molar-refractivity contribution in [2.45, 2.75) is 71.5 Å². The van der Waals surface area contributed by atoms with Crippen LogP contribution in [-0.4, -0.2) is 15.6 Å². The molecule has 1 aromatic rings. The smallest absolute Gasteiger partial charge is 0.0948 e. The summed E-state index contributed by atoms with van der Waals surface area (Å²) in [7, 11) is 0. The van der Waals surface area contributed by atoms with Crippen molar-refractivity contribution in [3.8, 4) is 0 Å². The molecule has 0 bridgehead atoms. The predicted molar refractivity (Wildman–Crippen MR) is 75.5 cm³/mol. The van der Waals surface area contributed by atoms with Gasteiger partial charge in [-0.05, 0) is 32.1 Å². The number of piperidine rings is 1. The quantitative estimate of drug-likeness (QED) is 0.865.